The molecular weight excluding hydrogens is 316 g/mol. The van der Waals surface area contributed by atoms with Crippen molar-refractivity contribution in [1.29, 1.82) is 0 Å². The number of aliphatic hydroxyl groups excluding tert-OH is 4. The van der Waals surface area contributed by atoms with Crippen LogP contribution < -0.4 is 5.32 Å². The van der Waals surface area contributed by atoms with Crippen LogP contribution in [-0.2, 0) is 14.3 Å². The second-order valence-corrected chi connectivity index (χ2v) is 5.10. The van der Waals surface area contributed by atoms with Gasteiger partial charge in [-0.3, -0.25) is 4.79 Å². The van der Waals surface area contributed by atoms with Gasteiger partial charge in [-0.25, -0.2) is 4.79 Å². The van der Waals surface area contributed by atoms with E-state index in [1.165, 1.54) is 0 Å². The van der Waals surface area contributed by atoms with Crippen LogP contribution in [0.3, 0.4) is 0 Å². The summed E-state index contributed by atoms with van der Waals surface area (Å²) in [4.78, 5) is 24.9. The maximum atomic E-state index is 11.4. The minimum Gasteiger partial charge on any atom is -0.479 e. The fourth-order valence-corrected chi connectivity index (χ4v) is 2.32. The van der Waals surface area contributed by atoms with E-state index in [0.29, 0.717) is 0 Å². The summed E-state index contributed by atoms with van der Waals surface area (Å²) >= 11 is 0. The molecule has 23 heavy (non-hydrogen) atoms. The second-order valence-electron chi connectivity index (χ2n) is 5.10. The molecule has 12 heteroatoms. The molecule has 1 aliphatic rings. The highest BCUT2D eigenvalue weighted by atomic mass is 16.6. The van der Waals surface area contributed by atoms with Crippen molar-refractivity contribution in [2.24, 2.45) is 5.11 Å². The molecule has 6 N–H and O–H groups in total. The number of amides is 1. The highest BCUT2D eigenvalue weighted by Crippen LogP contribution is 2.33. The number of nitrogens with one attached hydrogen (secondary N) is 1. The van der Waals surface area contributed by atoms with Crippen LogP contribution in [0.4, 0.5) is 0 Å². The summed E-state index contributed by atoms with van der Waals surface area (Å²) in [6.45, 7) is 0.233. The zero-order valence-corrected chi connectivity index (χ0v) is 12.1. The molecule has 1 aliphatic heterocycles. The SMILES string of the molecule is CC(=O)NC1C(O)CC(N=[N+]=[N-])(C(=O)O)OC1C(O)C(O)CO. The van der Waals surface area contributed by atoms with E-state index < -0.39 is 61.1 Å². The van der Waals surface area contributed by atoms with Crippen LogP contribution >= 0.6 is 0 Å². The lowest BCUT2D eigenvalue weighted by atomic mass is 9.87. The van der Waals surface area contributed by atoms with Crippen molar-refractivity contribution in [1.82, 2.24) is 5.32 Å². The smallest absolute Gasteiger partial charge is 0.342 e. The Hall–Kier alpha value is -1.95. The molecule has 6 atom stereocenters. The van der Waals surface area contributed by atoms with E-state index in [1.807, 2.05) is 0 Å². The minimum absolute atomic E-state index is 0.611. The predicted octanol–water partition coefficient (Wildman–Crippen LogP) is -2.55. The molecule has 12 nitrogen and oxygen atoms in total. The first-order chi connectivity index (χ1) is 10.7. The molecule has 6 unspecified atom stereocenters. The summed E-state index contributed by atoms with van der Waals surface area (Å²) in [5.41, 5.74) is 6.00. The van der Waals surface area contributed by atoms with Gasteiger partial charge < -0.3 is 35.6 Å². The molecule has 1 heterocycles. The maximum absolute atomic E-state index is 11.4. The Morgan fingerprint density at radius 3 is 2.57 bits per heavy atom. The molecule has 1 amide bonds. The predicted molar refractivity (Wildman–Crippen MR) is 71.7 cm³/mol. The number of nitrogens with zero attached hydrogens (tertiary/aromatic N) is 3. The lowest BCUT2D eigenvalue weighted by Crippen LogP contribution is -2.66. The lowest BCUT2D eigenvalue weighted by molar-refractivity contribution is -0.227. The van der Waals surface area contributed by atoms with Crippen LogP contribution in [0.15, 0.2) is 5.11 Å². The van der Waals surface area contributed by atoms with Gasteiger partial charge in [-0.15, -0.1) is 0 Å². The van der Waals surface area contributed by atoms with Gasteiger partial charge in [0, 0.05) is 18.3 Å². The second kappa shape index (κ2) is 7.55. The Kier molecular flexibility index (Phi) is 6.27. The number of carboxylic acids is 1. The van der Waals surface area contributed by atoms with E-state index in [9.17, 15) is 30.0 Å². The van der Waals surface area contributed by atoms with Gasteiger partial charge in [-0.1, -0.05) is 0 Å². The number of carbonyl (C=O) groups is 2. The number of azide groups is 1. The first-order valence-corrected chi connectivity index (χ1v) is 6.58. The van der Waals surface area contributed by atoms with Crippen molar-refractivity contribution in [3.8, 4) is 0 Å². The topological polar surface area (TPSA) is 205 Å². The molecule has 0 radical (unpaired) electrons. The van der Waals surface area contributed by atoms with Crippen molar-refractivity contribution >= 4 is 11.9 Å². The summed E-state index contributed by atoms with van der Waals surface area (Å²) in [5, 5.41) is 53.0. The molecule has 0 aromatic carbocycles. The van der Waals surface area contributed by atoms with Crippen molar-refractivity contribution in [2.75, 3.05) is 6.61 Å². The monoisotopic (exact) mass is 334 g/mol. The normalized spacial score (nSPS) is 33.2. The van der Waals surface area contributed by atoms with Gasteiger partial charge in [0.2, 0.25) is 11.6 Å². The summed E-state index contributed by atoms with van der Waals surface area (Å²) < 4.78 is 5.13. The Morgan fingerprint density at radius 1 is 1.52 bits per heavy atom. The third kappa shape index (κ3) is 4.07. The molecule has 0 aromatic rings. The summed E-state index contributed by atoms with van der Waals surface area (Å²) in [5.74, 6) is -2.33. The standard InChI is InChI=1S/C11H18N4O8/c1-4(17)13-7-5(18)2-11(10(21)22,14-15-12)23-9(7)8(20)6(19)3-16/h5-9,16,18-20H,2-3H2,1H3,(H,13,17)(H,21,22). The number of hydrogen-bond donors (Lipinski definition) is 6. The zero-order chi connectivity index (χ0) is 17.8. The first kappa shape index (κ1) is 19.1. The van der Waals surface area contributed by atoms with E-state index in [2.05, 4.69) is 15.3 Å². The molecule has 0 aromatic heterocycles. The summed E-state index contributed by atoms with van der Waals surface area (Å²) in [6.07, 6.45) is -7.49. The number of aliphatic carboxylic acids is 1. The molecule has 1 rings (SSSR count). The fourth-order valence-electron chi connectivity index (χ4n) is 2.32. The Bertz CT molecular complexity index is 506. The number of aliphatic hydroxyl groups is 4. The molecule has 1 saturated heterocycles. The van der Waals surface area contributed by atoms with E-state index in [-0.39, 0.29) is 0 Å². The summed E-state index contributed by atoms with van der Waals surface area (Å²) in [6, 6.07) is -1.29. The number of hydrogen-bond acceptors (Lipinski definition) is 8. The van der Waals surface area contributed by atoms with Crippen LogP contribution in [0, 0.1) is 0 Å². The average molecular weight is 334 g/mol. The molecule has 0 spiro atoms. The largest absolute Gasteiger partial charge is 0.479 e. The van der Waals surface area contributed by atoms with Gasteiger partial charge in [-0.2, -0.15) is 0 Å². The number of rotatable bonds is 6. The molecule has 1 fully saturated rings. The maximum Gasteiger partial charge on any atom is 0.342 e. The first-order valence-electron chi connectivity index (χ1n) is 6.58. The van der Waals surface area contributed by atoms with Gasteiger partial charge in [0.15, 0.2) is 0 Å². The lowest BCUT2D eigenvalue weighted by Gasteiger charge is -2.45. The van der Waals surface area contributed by atoms with Gasteiger partial charge in [-0.05, 0) is 10.6 Å². The molecule has 130 valence electrons. The Morgan fingerprint density at radius 2 is 2.13 bits per heavy atom. The Balaban J connectivity index is 3.25. The summed E-state index contributed by atoms with van der Waals surface area (Å²) in [7, 11) is 0. The fraction of sp³-hybridized carbons (Fsp3) is 0.818. The number of ether oxygens (including phenoxy) is 1. The molecule has 0 saturated carbocycles. The number of carbonyl (C=O) groups excluding carboxylic acids is 1. The van der Waals surface area contributed by atoms with E-state index in [1.54, 1.807) is 0 Å². The van der Waals surface area contributed by atoms with Gasteiger partial charge in [0.1, 0.15) is 18.3 Å². The molecule has 0 aliphatic carbocycles. The van der Waals surface area contributed by atoms with Gasteiger partial charge in [0.05, 0.1) is 18.8 Å². The van der Waals surface area contributed by atoms with Crippen molar-refractivity contribution < 1.29 is 39.9 Å². The highest BCUT2D eigenvalue weighted by molar-refractivity contribution is 5.78. The van der Waals surface area contributed by atoms with E-state index in [0.717, 1.165) is 6.92 Å². The minimum atomic E-state index is -2.52. The quantitative estimate of drug-likeness (QED) is 0.173. The van der Waals surface area contributed by atoms with Crippen molar-refractivity contribution in [3.63, 3.8) is 0 Å². The third-order valence-electron chi connectivity index (χ3n) is 3.41. The van der Waals surface area contributed by atoms with E-state index in [4.69, 9.17) is 15.4 Å². The van der Waals surface area contributed by atoms with E-state index >= 15 is 0 Å². The van der Waals surface area contributed by atoms with Gasteiger partial charge >= 0.3 is 5.97 Å². The average Bonchev–Trinajstić information content (AvgIpc) is 2.47. The molecule has 0 bridgehead atoms. The third-order valence-corrected chi connectivity index (χ3v) is 3.41. The number of carboxylic acid groups (broad SMARTS) is 1. The van der Waals surface area contributed by atoms with Crippen molar-refractivity contribution in [3.05, 3.63) is 10.4 Å². The highest BCUT2D eigenvalue weighted by Gasteiger charge is 2.54. The Labute approximate surface area is 129 Å². The van der Waals surface area contributed by atoms with Crippen LogP contribution in [-0.4, -0.2) is 80.2 Å². The zero-order valence-electron chi connectivity index (χ0n) is 12.1. The van der Waals surface area contributed by atoms with Crippen molar-refractivity contribution in [2.45, 2.75) is 49.5 Å². The van der Waals surface area contributed by atoms with Crippen LogP contribution in [0.25, 0.3) is 10.4 Å². The van der Waals surface area contributed by atoms with Gasteiger partial charge in [0.25, 0.3) is 0 Å². The van der Waals surface area contributed by atoms with Crippen LogP contribution in [0.2, 0.25) is 0 Å². The van der Waals surface area contributed by atoms with Crippen LogP contribution in [0.5, 0.6) is 0 Å². The molecular formula is C11H18N4O8. The van der Waals surface area contributed by atoms with Crippen LogP contribution in [0.1, 0.15) is 13.3 Å².